The van der Waals surface area contributed by atoms with Gasteiger partial charge < -0.3 is 28.6 Å². The van der Waals surface area contributed by atoms with E-state index >= 15 is 0 Å². The van der Waals surface area contributed by atoms with Gasteiger partial charge in [-0.05, 0) is 32.1 Å². The number of likely N-dealkylation sites (N-methyl/N-ethyl adjacent to an activating group) is 1. The number of aliphatic carboxylic acids is 1. The highest BCUT2D eigenvalue weighted by atomic mass is 16.6. The van der Waals surface area contributed by atoms with Crippen LogP contribution in [0.2, 0.25) is 0 Å². The standard InChI is InChI=1S/C47H81NO7/c1-6-8-10-12-14-16-18-20-22-24-26-28-30-32-34-36-38-46(50)55-43(41-53-40-39-44(47(51)52)48(3,4)5)42-54-45(49)37-35-33-31-29-27-25-23-21-19-17-15-13-11-9-7-2/h9,11,13,15,17,19,21,23,25,27,43-44H,6-8,10,12,14,16,18,20,22,24,26,28-42H2,1-5H3/b11-9+,15-13+,19-17+,23-21+,27-25+. The van der Waals surface area contributed by atoms with Gasteiger partial charge in [-0.2, -0.15) is 0 Å². The van der Waals surface area contributed by atoms with Crippen molar-refractivity contribution >= 4 is 17.9 Å². The number of quaternary nitrogens is 1. The Balaban J connectivity index is 4.42. The number of hydrogen-bond acceptors (Lipinski definition) is 7. The summed E-state index contributed by atoms with van der Waals surface area (Å²) in [5.74, 6) is -1.79. The number of carbonyl (C=O) groups excluding carboxylic acids is 3. The van der Waals surface area contributed by atoms with E-state index in [2.05, 4.69) is 26.0 Å². The first kappa shape index (κ1) is 52.0. The van der Waals surface area contributed by atoms with Crippen molar-refractivity contribution in [3.8, 4) is 0 Å². The largest absolute Gasteiger partial charge is 0.544 e. The first-order valence-electron chi connectivity index (χ1n) is 21.9. The Labute approximate surface area is 337 Å². The van der Waals surface area contributed by atoms with E-state index < -0.39 is 18.1 Å². The summed E-state index contributed by atoms with van der Waals surface area (Å²) in [6, 6.07) is -0.733. The Hall–Kier alpha value is -2.97. The van der Waals surface area contributed by atoms with Crippen molar-refractivity contribution in [1.82, 2.24) is 0 Å². The molecule has 0 heterocycles. The summed E-state index contributed by atoms with van der Waals surface area (Å²) >= 11 is 0. The normalized spacial score (nSPS) is 13.5. The van der Waals surface area contributed by atoms with Crippen molar-refractivity contribution in [3.05, 3.63) is 60.8 Å². The fourth-order valence-corrected chi connectivity index (χ4v) is 6.15. The van der Waals surface area contributed by atoms with Crippen LogP contribution in [0.15, 0.2) is 60.8 Å². The first-order chi connectivity index (χ1) is 26.6. The van der Waals surface area contributed by atoms with E-state index in [4.69, 9.17) is 14.2 Å². The molecule has 55 heavy (non-hydrogen) atoms. The van der Waals surface area contributed by atoms with Crippen LogP contribution in [0.3, 0.4) is 0 Å². The van der Waals surface area contributed by atoms with Gasteiger partial charge in [0.15, 0.2) is 6.10 Å². The Morgan fingerprint density at radius 1 is 0.564 bits per heavy atom. The Kier molecular flexibility index (Phi) is 35.9. The molecular weight excluding hydrogens is 691 g/mol. The lowest BCUT2D eigenvalue weighted by Gasteiger charge is -2.34. The lowest BCUT2D eigenvalue weighted by Crippen LogP contribution is -2.55. The van der Waals surface area contributed by atoms with E-state index in [9.17, 15) is 19.5 Å². The quantitative estimate of drug-likeness (QED) is 0.0266. The van der Waals surface area contributed by atoms with Gasteiger partial charge in [0.2, 0.25) is 0 Å². The van der Waals surface area contributed by atoms with Gasteiger partial charge >= 0.3 is 11.9 Å². The summed E-state index contributed by atoms with van der Waals surface area (Å²) in [7, 11) is 5.39. The smallest absolute Gasteiger partial charge is 0.306 e. The molecule has 0 radical (unpaired) electrons. The molecule has 0 saturated heterocycles. The van der Waals surface area contributed by atoms with Gasteiger partial charge in [0.25, 0.3) is 0 Å². The maximum Gasteiger partial charge on any atom is 0.306 e. The number of carbonyl (C=O) groups is 3. The summed E-state index contributed by atoms with van der Waals surface area (Å²) < 4.78 is 17.1. The zero-order valence-electron chi connectivity index (χ0n) is 35.8. The second-order valence-corrected chi connectivity index (χ2v) is 15.7. The molecule has 0 amide bonds. The van der Waals surface area contributed by atoms with Crippen LogP contribution < -0.4 is 5.11 Å². The molecule has 0 aliphatic heterocycles. The minimum Gasteiger partial charge on any atom is -0.544 e. The molecule has 0 rings (SSSR count). The summed E-state index contributed by atoms with van der Waals surface area (Å²) in [4.78, 5) is 36.8. The molecule has 0 aromatic carbocycles. The van der Waals surface area contributed by atoms with Gasteiger partial charge in [-0.1, -0.05) is 177 Å². The number of ether oxygens (including phenoxy) is 3. The summed E-state index contributed by atoms with van der Waals surface area (Å²) in [6.07, 6.45) is 45.3. The van der Waals surface area contributed by atoms with Crippen molar-refractivity contribution in [2.24, 2.45) is 0 Å². The number of esters is 2. The zero-order valence-corrected chi connectivity index (χ0v) is 35.8. The van der Waals surface area contributed by atoms with Crippen LogP contribution in [-0.4, -0.2) is 75.5 Å². The monoisotopic (exact) mass is 772 g/mol. The summed E-state index contributed by atoms with van der Waals surface area (Å²) in [6.45, 7) is 4.47. The number of carboxylic acid groups (broad SMARTS) is 1. The van der Waals surface area contributed by atoms with Gasteiger partial charge in [0.1, 0.15) is 12.6 Å². The van der Waals surface area contributed by atoms with Crippen LogP contribution in [0, 0.1) is 0 Å². The number of allylic oxidation sites excluding steroid dienone is 10. The second-order valence-electron chi connectivity index (χ2n) is 15.7. The minimum atomic E-state index is -1.13. The average molecular weight is 772 g/mol. The highest BCUT2D eigenvalue weighted by molar-refractivity contribution is 5.70. The molecule has 0 aromatic heterocycles. The van der Waals surface area contributed by atoms with E-state index in [1.165, 1.54) is 83.5 Å². The van der Waals surface area contributed by atoms with Gasteiger partial charge in [-0.25, -0.2) is 0 Å². The number of unbranched alkanes of at least 4 members (excludes halogenated alkanes) is 18. The van der Waals surface area contributed by atoms with Crippen molar-refractivity contribution in [2.45, 2.75) is 180 Å². The first-order valence-corrected chi connectivity index (χ1v) is 21.9. The number of carboxylic acids is 1. The van der Waals surface area contributed by atoms with Crippen LogP contribution in [0.25, 0.3) is 0 Å². The number of nitrogens with zero attached hydrogens (tertiary/aromatic N) is 1. The lowest BCUT2D eigenvalue weighted by atomic mass is 10.0. The molecule has 0 aromatic rings. The van der Waals surface area contributed by atoms with E-state index in [0.717, 1.165) is 51.4 Å². The molecule has 8 heteroatoms. The van der Waals surface area contributed by atoms with Crippen molar-refractivity contribution in [1.29, 1.82) is 0 Å². The summed E-state index contributed by atoms with van der Waals surface area (Å²) in [5.41, 5.74) is 0. The molecule has 0 spiro atoms. The predicted molar refractivity (Wildman–Crippen MR) is 226 cm³/mol. The number of hydrogen-bond donors (Lipinski definition) is 0. The molecule has 0 fully saturated rings. The number of rotatable bonds is 38. The maximum atomic E-state index is 12.7. The van der Waals surface area contributed by atoms with Crippen molar-refractivity contribution in [3.63, 3.8) is 0 Å². The van der Waals surface area contributed by atoms with Crippen molar-refractivity contribution in [2.75, 3.05) is 41.0 Å². The fraction of sp³-hybridized carbons (Fsp3) is 0.723. The third kappa shape index (κ3) is 36.4. The highest BCUT2D eigenvalue weighted by Crippen LogP contribution is 2.15. The SMILES string of the molecule is CC/C=C/C=C/C=C/C=C/C=C/CCCCCC(=O)OCC(COCCC(C(=O)[O-])[N+](C)(C)C)OC(=O)CCCCCCCCCCCCCCCCCC. The highest BCUT2D eigenvalue weighted by Gasteiger charge is 2.25. The summed E-state index contributed by atoms with van der Waals surface area (Å²) in [5, 5.41) is 11.6. The van der Waals surface area contributed by atoms with E-state index in [1.807, 2.05) is 48.6 Å². The van der Waals surface area contributed by atoms with Crippen LogP contribution in [-0.2, 0) is 28.6 Å². The maximum absolute atomic E-state index is 12.7. The van der Waals surface area contributed by atoms with Crippen LogP contribution in [0.4, 0.5) is 0 Å². The van der Waals surface area contributed by atoms with Gasteiger partial charge in [-0.3, -0.25) is 9.59 Å². The minimum absolute atomic E-state index is 0.0263. The lowest BCUT2D eigenvalue weighted by molar-refractivity contribution is -0.889. The van der Waals surface area contributed by atoms with E-state index in [1.54, 1.807) is 21.1 Å². The van der Waals surface area contributed by atoms with Crippen LogP contribution >= 0.6 is 0 Å². The molecule has 2 unspecified atom stereocenters. The molecule has 0 aliphatic carbocycles. The molecule has 0 bridgehead atoms. The molecule has 2 atom stereocenters. The van der Waals surface area contributed by atoms with E-state index in [0.29, 0.717) is 12.8 Å². The topological polar surface area (TPSA) is 102 Å². The Morgan fingerprint density at radius 3 is 1.51 bits per heavy atom. The van der Waals surface area contributed by atoms with E-state index in [-0.39, 0.29) is 42.7 Å². The van der Waals surface area contributed by atoms with Crippen molar-refractivity contribution < 1.29 is 38.2 Å². The fourth-order valence-electron chi connectivity index (χ4n) is 6.15. The average Bonchev–Trinajstić information content (AvgIpc) is 3.14. The van der Waals surface area contributed by atoms with Crippen LogP contribution in [0.1, 0.15) is 168 Å². The third-order valence-corrected chi connectivity index (χ3v) is 9.55. The molecule has 0 N–H and O–H groups in total. The molecule has 8 nitrogen and oxygen atoms in total. The molecular formula is C47H81NO7. The van der Waals surface area contributed by atoms with Gasteiger partial charge in [0.05, 0.1) is 40.3 Å². The zero-order chi connectivity index (χ0) is 40.7. The third-order valence-electron chi connectivity index (χ3n) is 9.55. The van der Waals surface area contributed by atoms with Crippen LogP contribution in [0.5, 0.6) is 0 Å². The molecule has 0 aliphatic rings. The van der Waals surface area contributed by atoms with Gasteiger partial charge in [-0.15, -0.1) is 0 Å². The Bertz CT molecular complexity index is 1090. The molecule has 0 saturated carbocycles. The molecule has 316 valence electrons. The second kappa shape index (κ2) is 37.9. The van der Waals surface area contributed by atoms with Gasteiger partial charge in [0, 0.05) is 19.3 Å². The Morgan fingerprint density at radius 2 is 1.02 bits per heavy atom. The predicted octanol–water partition coefficient (Wildman–Crippen LogP) is 10.5.